The molecule has 3 rings (SSSR count). The average molecular weight is 415 g/mol. The topological polar surface area (TPSA) is 66.0 Å². The Balaban J connectivity index is 2.24. The van der Waals surface area contributed by atoms with Gasteiger partial charge in [0.25, 0.3) is 0 Å². The van der Waals surface area contributed by atoms with Crippen molar-refractivity contribution < 1.29 is 5.11 Å². The summed E-state index contributed by atoms with van der Waals surface area (Å²) in [5.41, 5.74) is 4.82. The molecule has 2 aromatic heterocycles. The van der Waals surface area contributed by atoms with Gasteiger partial charge in [0.1, 0.15) is 0 Å². The number of pyridine rings is 2. The van der Waals surface area contributed by atoms with E-state index >= 15 is 0 Å². The highest BCUT2D eigenvalue weighted by Crippen LogP contribution is 2.33. The highest BCUT2D eigenvalue weighted by molar-refractivity contribution is 9.10. The van der Waals surface area contributed by atoms with Crippen LogP contribution in [-0.2, 0) is 11.8 Å². The number of aromatic nitrogens is 2. The van der Waals surface area contributed by atoms with Crippen LogP contribution in [-0.4, -0.2) is 21.7 Å². The molecule has 0 aliphatic rings. The third-order valence-corrected chi connectivity index (χ3v) is 5.35. The van der Waals surface area contributed by atoms with Gasteiger partial charge in [-0.15, -0.1) is 0 Å². The first-order chi connectivity index (χ1) is 12.3. The zero-order valence-corrected chi connectivity index (χ0v) is 16.9. The molecule has 2 heterocycles. The smallest absolute Gasteiger partial charge is 0.205 e. The molecule has 0 aliphatic heterocycles. The molecule has 2 N–H and O–H groups in total. The van der Waals surface area contributed by atoms with Crippen molar-refractivity contribution in [2.24, 2.45) is 0 Å². The number of fused-ring (bicyclic) bond motifs is 1. The second kappa shape index (κ2) is 7.33. The number of nitrogens with one attached hydrogen (secondary N) is 1. The number of aromatic amines is 1. The normalized spacial score (nSPS) is 11.9. The summed E-state index contributed by atoms with van der Waals surface area (Å²) in [6, 6.07) is 8.17. The van der Waals surface area contributed by atoms with Gasteiger partial charge in [-0.2, -0.15) is 0 Å². The molecular weight excluding hydrogens is 392 g/mol. The summed E-state index contributed by atoms with van der Waals surface area (Å²) < 4.78 is 0.506. The molecule has 26 heavy (non-hydrogen) atoms. The molecule has 4 nitrogen and oxygen atoms in total. The third kappa shape index (κ3) is 3.60. The standard InChI is InChI=1S/C21H23BrN2O2/c1-21(2,3)14-6-7-15(13(11-14)5-4-10-25)19-18(22)20(26)16-12-23-9-8-17(16)24-19/h6-9,11-12,25H,4-5,10H2,1-3H3,(H,24,26). The zero-order valence-electron chi connectivity index (χ0n) is 15.3. The van der Waals surface area contributed by atoms with Gasteiger partial charge in [0.05, 0.1) is 21.1 Å². The molecule has 1 aromatic carbocycles. The quantitative estimate of drug-likeness (QED) is 0.656. The van der Waals surface area contributed by atoms with Crippen molar-refractivity contribution in [2.45, 2.75) is 39.0 Å². The molecule has 0 unspecified atom stereocenters. The first kappa shape index (κ1) is 18.8. The third-order valence-electron chi connectivity index (χ3n) is 4.59. The second-order valence-corrected chi connectivity index (χ2v) is 8.31. The van der Waals surface area contributed by atoms with E-state index < -0.39 is 0 Å². The fourth-order valence-corrected chi connectivity index (χ4v) is 3.60. The van der Waals surface area contributed by atoms with Crippen molar-refractivity contribution in [1.29, 1.82) is 0 Å². The van der Waals surface area contributed by atoms with Crippen molar-refractivity contribution in [2.75, 3.05) is 6.61 Å². The maximum atomic E-state index is 12.7. The molecule has 0 aliphatic carbocycles. The summed E-state index contributed by atoms with van der Waals surface area (Å²) in [7, 11) is 0. The maximum Gasteiger partial charge on any atom is 0.205 e. The molecule has 0 saturated heterocycles. The van der Waals surface area contributed by atoms with E-state index in [0.29, 0.717) is 16.3 Å². The number of benzene rings is 1. The lowest BCUT2D eigenvalue weighted by atomic mass is 9.84. The van der Waals surface area contributed by atoms with E-state index in [1.807, 2.05) is 6.07 Å². The van der Waals surface area contributed by atoms with Crippen LogP contribution in [0.25, 0.3) is 22.2 Å². The number of hydrogen-bond acceptors (Lipinski definition) is 3. The Bertz CT molecular complexity index is 1000. The number of aliphatic hydroxyl groups excluding tert-OH is 1. The van der Waals surface area contributed by atoms with Crippen LogP contribution < -0.4 is 5.43 Å². The van der Waals surface area contributed by atoms with E-state index in [4.69, 9.17) is 0 Å². The molecule has 0 spiro atoms. The van der Waals surface area contributed by atoms with Crippen molar-refractivity contribution in [1.82, 2.24) is 9.97 Å². The number of aliphatic hydroxyl groups is 1. The molecule has 5 heteroatoms. The molecule has 0 radical (unpaired) electrons. The number of H-pyrrole nitrogens is 1. The summed E-state index contributed by atoms with van der Waals surface area (Å²) in [5.74, 6) is 0. The van der Waals surface area contributed by atoms with Crippen LogP contribution in [0.2, 0.25) is 0 Å². The lowest BCUT2D eigenvalue weighted by Crippen LogP contribution is -2.12. The minimum Gasteiger partial charge on any atom is -0.396 e. The molecule has 0 fully saturated rings. The summed E-state index contributed by atoms with van der Waals surface area (Å²) in [4.78, 5) is 20.2. The van der Waals surface area contributed by atoms with Gasteiger partial charge in [0.2, 0.25) is 5.43 Å². The zero-order chi connectivity index (χ0) is 18.9. The lowest BCUT2D eigenvalue weighted by molar-refractivity contribution is 0.288. The van der Waals surface area contributed by atoms with Crippen molar-refractivity contribution >= 4 is 26.8 Å². The van der Waals surface area contributed by atoms with Crippen molar-refractivity contribution in [3.63, 3.8) is 0 Å². The van der Waals surface area contributed by atoms with Gasteiger partial charge in [-0.05, 0) is 51.4 Å². The summed E-state index contributed by atoms with van der Waals surface area (Å²) in [5, 5.41) is 9.85. The van der Waals surface area contributed by atoms with Gasteiger partial charge in [0, 0.05) is 24.6 Å². The van der Waals surface area contributed by atoms with Gasteiger partial charge in [-0.1, -0.05) is 39.0 Å². The molecule has 0 bridgehead atoms. The Kier molecular flexibility index (Phi) is 5.30. The van der Waals surface area contributed by atoms with Crippen LogP contribution >= 0.6 is 15.9 Å². The van der Waals surface area contributed by atoms with Crippen LogP contribution in [0.1, 0.15) is 38.3 Å². The van der Waals surface area contributed by atoms with Crippen molar-refractivity contribution in [3.8, 4) is 11.3 Å². The summed E-state index contributed by atoms with van der Waals surface area (Å²) in [6.07, 6.45) is 4.68. The van der Waals surface area contributed by atoms with Gasteiger partial charge >= 0.3 is 0 Å². The predicted octanol–water partition coefficient (Wildman–Crippen LogP) is 4.58. The monoisotopic (exact) mass is 414 g/mol. The molecule has 136 valence electrons. The molecule has 3 aromatic rings. The fourth-order valence-electron chi connectivity index (χ4n) is 3.07. The Morgan fingerprint density at radius 2 is 2.00 bits per heavy atom. The fraction of sp³-hybridized carbons (Fsp3) is 0.333. The molecular formula is C21H23BrN2O2. The summed E-state index contributed by atoms with van der Waals surface area (Å²) in [6.45, 7) is 6.68. The van der Waals surface area contributed by atoms with E-state index in [9.17, 15) is 9.90 Å². The Morgan fingerprint density at radius 3 is 2.69 bits per heavy atom. The van der Waals surface area contributed by atoms with Crippen LogP contribution in [0.15, 0.2) is 45.9 Å². The number of rotatable bonds is 4. The van der Waals surface area contributed by atoms with Gasteiger partial charge in [-0.3, -0.25) is 9.78 Å². The first-order valence-corrected chi connectivity index (χ1v) is 9.52. The second-order valence-electron chi connectivity index (χ2n) is 7.51. The van der Waals surface area contributed by atoms with Crippen LogP contribution in [0.4, 0.5) is 0 Å². The van der Waals surface area contributed by atoms with E-state index in [1.165, 1.54) is 5.56 Å². The molecule has 0 atom stereocenters. The lowest BCUT2D eigenvalue weighted by Gasteiger charge is -2.22. The van der Waals surface area contributed by atoms with E-state index in [-0.39, 0.29) is 17.5 Å². The van der Waals surface area contributed by atoms with E-state index in [1.54, 1.807) is 12.4 Å². The average Bonchev–Trinajstić information content (AvgIpc) is 2.62. The Hall–Kier alpha value is -1.98. The maximum absolute atomic E-state index is 12.7. The predicted molar refractivity (Wildman–Crippen MR) is 110 cm³/mol. The number of halogens is 1. The largest absolute Gasteiger partial charge is 0.396 e. The van der Waals surface area contributed by atoms with Gasteiger partial charge < -0.3 is 10.1 Å². The van der Waals surface area contributed by atoms with Gasteiger partial charge in [0.15, 0.2) is 0 Å². The first-order valence-electron chi connectivity index (χ1n) is 8.73. The van der Waals surface area contributed by atoms with Crippen LogP contribution in [0.3, 0.4) is 0 Å². The van der Waals surface area contributed by atoms with Crippen LogP contribution in [0.5, 0.6) is 0 Å². The highest BCUT2D eigenvalue weighted by Gasteiger charge is 2.19. The summed E-state index contributed by atoms with van der Waals surface area (Å²) >= 11 is 3.48. The van der Waals surface area contributed by atoms with E-state index in [0.717, 1.165) is 28.8 Å². The van der Waals surface area contributed by atoms with Gasteiger partial charge in [-0.25, -0.2) is 0 Å². The van der Waals surface area contributed by atoms with Crippen LogP contribution in [0, 0.1) is 0 Å². The number of aryl methyl sites for hydroxylation is 1. The minimum absolute atomic E-state index is 0.0339. The number of nitrogens with zero attached hydrogens (tertiary/aromatic N) is 1. The SMILES string of the molecule is CC(C)(C)c1ccc(-c2[nH]c3ccncc3c(=O)c2Br)c(CCCO)c1. The molecule has 0 amide bonds. The number of hydrogen-bond donors (Lipinski definition) is 2. The van der Waals surface area contributed by atoms with E-state index in [2.05, 4.69) is 64.9 Å². The Morgan fingerprint density at radius 1 is 1.23 bits per heavy atom. The Labute approximate surface area is 161 Å². The highest BCUT2D eigenvalue weighted by atomic mass is 79.9. The molecule has 0 saturated carbocycles. The van der Waals surface area contributed by atoms with Crippen molar-refractivity contribution in [3.05, 3.63) is 62.5 Å². The minimum atomic E-state index is -0.0742.